The highest BCUT2D eigenvalue weighted by Crippen LogP contribution is 2.25. The number of thioether (sulfide) groups is 1. The first kappa shape index (κ1) is 20.8. The molecule has 0 bridgehead atoms. The molecule has 0 saturated heterocycles. The van der Waals surface area contributed by atoms with Gasteiger partial charge in [-0.25, -0.2) is 4.79 Å². The quantitative estimate of drug-likeness (QED) is 0.651. The zero-order chi connectivity index (χ0) is 17.9. The van der Waals surface area contributed by atoms with Crippen LogP contribution in [0.2, 0.25) is 0 Å². The van der Waals surface area contributed by atoms with Gasteiger partial charge in [0, 0.05) is 25.8 Å². The third-order valence-corrected chi connectivity index (χ3v) is 5.24. The molecule has 0 aliphatic heterocycles. The monoisotopic (exact) mass is 358 g/mol. The Bertz CT molecular complexity index is 423. The normalized spacial score (nSPS) is 16.9. The number of urea groups is 1. The van der Waals surface area contributed by atoms with Gasteiger partial charge in [-0.1, -0.05) is 50.3 Å². The maximum Gasteiger partial charge on any atom is 0.325 e. The second-order valence-electron chi connectivity index (χ2n) is 6.48. The number of nitrogens with one attached hydrogen (secondary N) is 1. The largest absolute Gasteiger partial charge is 0.480 e. The predicted octanol–water partition coefficient (Wildman–Crippen LogP) is 3.11. The van der Waals surface area contributed by atoms with Gasteiger partial charge in [0.15, 0.2) is 5.12 Å². The minimum Gasteiger partial charge on any atom is -0.480 e. The highest BCUT2D eigenvalue weighted by atomic mass is 32.2. The molecule has 6 nitrogen and oxygen atoms in total. The van der Waals surface area contributed by atoms with Gasteiger partial charge in [-0.2, -0.15) is 0 Å². The number of carbonyl (C=O) groups is 3. The van der Waals surface area contributed by atoms with Crippen LogP contribution in [0.3, 0.4) is 0 Å². The Hall–Kier alpha value is -1.24. The molecule has 1 fully saturated rings. The number of carbonyl (C=O) groups excluding carboxylic acids is 2. The fourth-order valence-corrected chi connectivity index (χ4v) is 3.54. The molecule has 1 unspecified atom stereocenters. The molecule has 0 spiro atoms. The van der Waals surface area contributed by atoms with Gasteiger partial charge in [0.2, 0.25) is 0 Å². The van der Waals surface area contributed by atoms with Gasteiger partial charge in [-0.3, -0.25) is 9.59 Å². The molecule has 0 heterocycles. The summed E-state index contributed by atoms with van der Waals surface area (Å²) in [7, 11) is 0. The van der Waals surface area contributed by atoms with E-state index in [1.807, 2.05) is 0 Å². The molecule has 2 amide bonds. The van der Waals surface area contributed by atoms with E-state index < -0.39 is 12.0 Å². The minimum absolute atomic E-state index is 0.0260. The molecule has 0 aromatic rings. The standard InChI is InChI=1S/C17H30N2O4S/c1-13(16(21)22)18-17(23)19(11-12-24-14(2)20)10-9-15-7-5-3-4-6-8-15/h13,15H,3-12H2,1-2H3,(H,18,23)(H,21,22). The third kappa shape index (κ3) is 8.57. The average Bonchev–Trinajstić information content (AvgIpc) is 2.78. The number of aliphatic carboxylic acids is 1. The van der Waals surface area contributed by atoms with Crippen molar-refractivity contribution in [1.29, 1.82) is 0 Å². The molecular weight excluding hydrogens is 328 g/mol. The van der Waals surface area contributed by atoms with Gasteiger partial charge in [0.1, 0.15) is 6.04 Å². The van der Waals surface area contributed by atoms with Gasteiger partial charge in [0.05, 0.1) is 0 Å². The van der Waals surface area contributed by atoms with Crippen molar-refractivity contribution in [1.82, 2.24) is 10.2 Å². The highest BCUT2D eigenvalue weighted by Gasteiger charge is 2.21. The molecule has 1 saturated carbocycles. The molecule has 1 aliphatic carbocycles. The van der Waals surface area contributed by atoms with Crippen LogP contribution in [0.25, 0.3) is 0 Å². The lowest BCUT2D eigenvalue weighted by Crippen LogP contribution is -2.48. The van der Waals surface area contributed by atoms with E-state index in [1.165, 1.54) is 64.1 Å². The Morgan fingerprint density at radius 1 is 1.17 bits per heavy atom. The molecule has 24 heavy (non-hydrogen) atoms. The zero-order valence-corrected chi connectivity index (χ0v) is 15.6. The molecule has 138 valence electrons. The van der Waals surface area contributed by atoms with Crippen LogP contribution < -0.4 is 5.32 Å². The number of amides is 2. The molecule has 2 N–H and O–H groups in total. The van der Waals surface area contributed by atoms with Crippen molar-refractivity contribution in [2.24, 2.45) is 5.92 Å². The van der Waals surface area contributed by atoms with Gasteiger partial charge in [-0.05, 0) is 19.3 Å². The van der Waals surface area contributed by atoms with Crippen LogP contribution in [-0.4, -0.2) is 52.0 Å². The third-order valence-electron chi connectivity index (χ3n) is 4.45. The average molecular weight is 359 g/mol. The number of rotatable bonds is 8. The van der Waals surface area contributed by atoms with Crippen molar-refractivity contribution in [2.75, 3.05) is 18.8 Å². The van der Waals surface area contributed by atoms with Crippen molar-refractivity contribution in [3.8, 4) is 0 Å². The van der Waals surface area contributed by atoms with Crippen molar-refractivity contribution >= 4 is 28.9 Å². The lowest BCUT2D eigenvalue weighted by molar-refractivity contribution is -0.138. The summed E-state index contributed by atoms with van der Waals surface area (Å²) in [5, 5.41) is 11.5. The molecule has 0 aromatic carbocycles. The molecular formula is C17H30N2O4S. The maximum atomic E-state index is 12.3. The Kier molecular flexibility index (Phi) is 9.83. The summed E-state index contributed by atoms with van der Waals surface area (Å²) in [4.78, 5) is 36.0. The lowest BCUT2D eigenvalue weighted by Gasteiger charge is -2.26. The van der Waals surface area contributed by atoms with E-state index in [9.17, 15) is 14.4 Å². The van der Waals surface area contributed by atoms with Gasteiger partial charge in [0.25, 0.3) is 0 Å². The van der Waals surface area contributed by atoms with Gasteiger partial charge < -0.3 is 15.3 Å². The lowest BCUT2D eigenvalue weighted by atomic mass is 9.96. The summed E-state index contributed by atoms with van der Waals surface area (Å²) in [6, 6.07) is -1.28. The first-order valence-electron chi connectivity index (χ1n) is 8.81. The van der Waals surface area contributed by atoms with Gasteiger partial charge in [-0.15, -0.1) is 0 Å². The second kappa shape index (κ2) is 11.3. The smallest absolute Gasteiger partial charge is 0.325 e. The van der Waals surface area contributed by atoms with E-state index in [0.717, 1.165) is 6.42 Å². The first-order valence-corrected chi connectivity index (χ1v) is 9.80. The highest BCUT2D eigenvalue weighted by molar-refractivity contribution is 8.13. The molecule has 0 radical (unpaired) electrons. The molecule has 1 aliphatic rings. The Morgan fingerprint density at radius 3 is 2.33 bits per heavy atom. The number of nitrogens with zero attached hydrogens (tertiary/aromatic N) is 1. The minimum atomic E-state index is -1.05. The zero-order valence-electron chi connectivity index (χ0n) is 14.8. The summed E-state index contributed by atoms with van der Waals surface area (Å²) in [5.74, 6) is 0.125. The topological polar surface area (TPSA) is 86.7 Å². The van der Waals surface area contributed by atoms with E-state index in [0.29, 0.717) is 24.8 Å². The van der Waals surface area contributed by atoms with Crippen molar-refractivity contribution < 1.29 is 19.5 Å². The molecule has 0 aromatic heterocycles. The van der Waals surface area contributed by atoms with Crippen LogP contribution in [0.5, 0.6) is 0 Å². The fourth-order valence-electron chi connectivity index (χ4n) is 2.94. The summed E-state index contributed by atoms with van der Waals surface area (Å²) in [6.45, 7) is 4.03. The summed E-state index contributed by atoms with van der Waals surface area (Å²) < 4.78 is 0. The van der Waals surface area contributed by atoms with Crippen LogP contribution in [0.4, 0.5) is 4.79 Å². The molecule has 1 rings (SSSR count). The fraction of sp³-hybridized carbons (Fsp3) is 0.824. The van der Waals surface area contributed by atoms with E-state index >= 15 is 0 Å². The van der Waals surface area contributed by atoms with E-state index in [-0.39, 0.29) is 11.1 Å². The molecule has 1 atom stereocenters. The Labute approximate surface area is 148 Å². The van der Waals surface area contributed by atoms with Crippen LogP contribution in [-0.2, 0) is 9.59 Å². The van der Waals surface area contributed by atoms with Crippen LogP contribution in [0.1, 0.15) is 58.8 Å². The van der Waals surface area contributed by atoms with Crippen molar-refractivity contribution in [3.05, 3.63) is 0 Å². The first-order chi connectivity index (χ1) is 11.4. The van der Waals surface area contributed by atoms with Crippen LogP contribution in [0, 0.1) is 5.92 Å². The Balaban J connectivity index is 2.53. The summed E-state index contributed by atoms with van der Waals surface area (Å²) in [5.41, 5.74) is 0. The van der Waals surface area contributed by atoms with E-state index in [2.05, 4.69) is 5.32 Å². The van der Waals surface area contributed by atoms with E-state index in [4.69, 9.17) is 5.11 Å². The number of hydrogen-bond donors (Lipinski definition) is 2. The molecule has 7 heteroatoms. The van der Waals surface area contributed by atoms with Gasteiger partial charge >= 0.3 is 12.0 Å². The van der Waals surface area contributed by atoms with Crippen LogP contribution in [0.15, 0.2) is 0 Å². The predicted molar refractivity (Wildman–Crippen MR) is 96.2 cm³/mol. The van der Waals surface area contributed by atoms with Crippen molar-refractivity contribution in [3.63, 3.8) is 0 Å². The summed E-state index contributed by atoms with van der Waals surface area (Å²) >= 11 is 1.19. The summed E-state index contributed by atoms with van der Waals surface area (Å²) in [6.07, 6.45) is 8.48. The number of carboxylic acid groups (broad SMARTS) is 1. The van der Waals surface area contributed by atoms with Crippen LogP contribution >= 0.6 is 11.8 Å². The Morgan fingerprint density at radius 2 is 1.79 bits per heavy atom. The number of carboxylic acids is 1. The SMILES string of the molecule is CC(=O)SCCN(CCC1CCCCCC1)C(=O)NC(C)C(=O)O. The maximum absolute atomic E-state index is 12.3. The van der Waals surface area contributed by atoms with E-state index in [1.54, 1.807) is 4.90 Å². The number of hydrogen-bond acceptors (Lipinski definition) is 4. The second-order valence-corrected chi connectivity index (χ2v) is 7.75. The van der Waals surface area contributed by atoms with Crippen molar-refractivity contribution in [2.45, 2.75) is 64.8 Å².